The van der Waals surface area contributed by atoms with E-state index < -0.39 is 17.2 Å². The van der Waals surface area contributed by atoms with Crippen molar-refractivity contribution in [1.82, 2.24) is 4.57 Å². The van der Waals surface area contributed by atoms with Crippen LogP contribution in [0.5, 0.6) is 5.75 Å². The van der Waals surface area contributed by atoms with Gasteiger partial charge in [0.25, 0.3) is 0 Å². The van der Waals surface area contributed by atoms with Crippen molar-refractivity contribution in [3.8, 4) is 22.6 Å². The number of hydrogen-bond donors (Lipinski definition) is 2. The summed E-state index contributed by atoms with van der Waals surface area (Å²) in [5.41, 5.74) is 2.88. The van der Waals surface area contributed by atoms with Gasteiger partial charge in [-0.2, -0.15) is 0 Å². The number of methoxy groups -OCH3 is 1. The van der Waals surface area contributed by atoms with Crippen LogP contribution in [0.3, 0.4) is 0 Å². The molecule has 176 valence electrons. The lowest BCUT2D eigenvalue weighted by Crippen LogP contribution is -2.27. The maximum absolute atomic E-state index is 14.5. The first-order valence-electron chi connectivity index (χ1n) is 10.7. The predicted octanol–water partition coefficient (Wildman–Crippen LogP) is 6.21. The van der Waals surface area contributed by atoms with Crippen molar-refractivity contribution in [1.29, 1.82) is 0 Å². The number of aryl methyl sites for hydroxylation is 1. The van der Waals surface area contributed by atoms with Crippen LogP contribution in [0.2, 0.25) is 0 Å². The van der Waals surface area contributed by atoms with Crippen molar-refractivity contribution in [2.24, 2.45) is 0 Å². The van der Waals surface area contributed by atoms with Crippen LogP contribution < -0.4 is 0 Å². The van der Waals surface area contributed by atoms with Gasteiger partial charge in [0, 0.05) is 35.5 Å². The molecule has 5 nitrogen and oxygen atoms in total. The van der Waals surface area contributed by atoms with E-state index in [4.69, 9.17) is 4.74 Å². The summed E-state index contributed by atoms with van der Waals surface area (Å²) in [5.74, 6) is -2.29. The van der Waals surface area contributed by atoms with E-state index in [2.05, 4.69) is 0 Å². The molecule has 0 fully saturated rings. The number of ether oxygens (including phenoxy) is 1. The molecule has 0 bridgehead atoms. The van der Waals surface area contributed by atoms with Crippen LogP contribution in [-0.4, -0.2) is 34.5 Å². The first-order chi connectivity index (χ1) is 16.0. The molecule has 3 aromatic carbocycles. The first-order valence-corrected chi connectivity index (χ1v) is 10.7. The topological polar surface area (TPSA) is 71.7 Å². The SMILES string of the molecule is COCC(C)(C)c1c(-c2ccc(C(=O)O)cc2)c2c(O)cc(F)cc2n1-c1ccc(F)c(C)c1. The number of benzene rings is 3. The Morgan fingerprint density at radius 1 is 1.06 bits per heavy atom. The van der Waals surface area contributed by atoms with E-state index in [1.165, 1.54) is 24.3 Å². The fourth-order valence-corrected chi connectivity index (χ4v) is 4.53. The Morgan fingerprint density at radius 2 is 1.74 bits per heavy atom. The van der Waals surface area contributed by atoms with Gasteiger partial charge in [0.1, 0.15) is 17.4 Å². The highest BCUT2D eigenvalue weighted by Crippen LogP contribution is 2.46. The number of phenols is 1. The fourth-order valence-electron chi connectivity index (χ4n) is 4.53. The van der Waals surface area contributed by atoms with Gasteiger partial charge < -0.3 is 19.5 Å². The van der Waals surface area contributed by atoms with E-state index in [0.29, 0.717) is 45.6 Å². The number of carbonyl (C=O) groups is 1. The summed E-state index contributed by atoms with van der Waals surface area (Å²) < 4.78 is 36.0. The maximum atomic E-state index is 14.5. The second-order valence-corrected chi connectivity index (χ2v) is 9.01. The van der Waals surface area contributed by atoms with Gasteiger partial charge in [-0.05, 0) is 54.4 Å². The van der Waals surface area contributed by atoms with Crippen molar-refractivity contribution in [3.05, 3.63) is 83.1 Å². The number of phenolic OH excluding ortho intramolecular Hbond substituents is 1. The van der Waals surface area contributed by atoms with Gasteiger partial charge in [-0.1, -0.05) is 26.0 Å². The lowest BCUT2D eigenvalue weighted by atomic mass is 9.84. The Bertz CT molecular complexity index is 1400. The number of carboxylic acids is 1. The lowest BCUT2D eigenvalue weighted by molar-refractivity contribution is 0.0697. The Kier molecular flexibility index (Phi) is 5.91. The number of nitrogens with zero attached hydrogens (tertiary/aromatic N) is 1. The third-order valence-corrected chi connectivity index (χ3v) is 5.98. The second-order valence-electron chi connectivity index (χ2n) is 9.01. The molecule has 4 aromatic rings. The molecule has 0 radical (unpaired) electrons. The number of halogens is 2. The Hall–Kier alpha value is -3.71. The number of aromatic hydroxyl groups is 1. The third kappa shape index (κ3) is 3.92. The molecule has 4 rings (SSSR count). The van der Waals surface area contributed by atoms with E-state index in [0.717, 1.165) is 6.07 Å². The monoisotopic (exact) mass is 465 g/mol. The second kappa shape index (κ2) is 8.57. The molecular weight excluding hydrogens is 440 g/mol. The van der Waals surface area contributed by atoms with E-state index >= 15 is 0 Å². The van der Waals surface area contributed by atoms with Gasteiger partial charge in [-0.15, -0.1) is 0 Å². The molecule has 1 heterocycles. The normalized spacial score (nSPS) is 11.8. The smallest absolute Gasteiger partial charge is 0.335 e. The first kappa shape index (κ1) is 23.4. The summed E-state index contributed by atoms with van der Waals surface area (Å²) >= 11 is 0. The van der Waals surface area contributed by atoms with Crippen LogP contribution >= 0.6 is 0 Å². The zero-order chi connectivity index (χ0) is 24.8. The zero-order valence-electron chi connectivity index (χ0n) is 19.3. The van der Waals surface area contributed by atoms with Crippen LogP contribution in [0.25, 0.3) is 27.7 Å². The number of aromatic carboxylic acids is 1. The van der Waals surface area contributed by atoms with Crippen LogP contribution in [0.15, 0.2) is 54.6 Å². The summed E-state index contributed by atoms with van der Waals surface area (Å²) in [4.78, 5) is 11.4. The van der Waals surface area contributed by atoms with Gasteiger partial charge in [-0.25, -0.2) is 13.6 Å². The number of rotatable bonds is 6. The van der Waals surface area contributed by atoms with Crippen LogP contribution in [-0.2, 0) is 10.2 Å². The fraction of sp³-hybridized carbons (Fsp3) is 0.222. The molecule has 34 heavy (non-hydrogen) atoms. The summed E-state index contributed by atoms with van der Waals surface area (Å²) in [5, 5.41) is 20.6. The van der Waals surface area contributed by atoms with Gasteiger partial charge in [-0.3, -0.25) is 0 Å². The molecule has 0 aliphatic heterocycles. The van der Waals surface area contributed by atoms with Crippen molar-refractivity contribution in [2.75, 3.05) is 13.7 Å². The number of carboxylic acid groups (broad SMARTS) is 1. The number of hydrogen-bond acceptors (Lipinski definition) is 3. The van der Waals surface area contributed by atoms with Crippen molar-refractivity contribution < 1.29 is 28.5 Å². The largest absolute Gasteiger partial charge is 0.507 e. The van der Waals surface area contributed by atoms with Crippen molar-refractivity contribution >= 4 is 16.9 Å². The van der Waals surface area contributed by atoms with Gasteiger partial charge >= 0.3 is 5.97 Å². The molecule has 0 unspecified atom stereocenters. The zero-order valence-corrected chi connectivity index (χ0v) is 19.3. The minimum Gasteiger partial charge on any atom is -0.507 e. The molecule has 0 amide bonds. The molecule has 1 aromatic heterocycles. The van der Waals surface area contributed by atoms with Gasteiger partial charge in [0.15, 0.2) is 0 Å². The minimum atomic E-state index is -1.05. The summed E-state index contributed by atoms with van der Waals surface area (Å²) in [6.07, 6.45) is 0. The summed E-state index contributed by atoms with van der Waals surface area (Å²) in [6.45, 7) is 5.86. The summed E-state index contributed by atoms with van der Waals surface area (Å²) in [7, 11) is 1.58. The molecule has 0 saturated carbocycles. The highest BCUT2D eigenvalue weighted by atomic mass is 19.1. The van der Waals surface area contributed by atoms with E-state index in [9.17, 15) is 23.8 Å². The average Bonchev–Trinajstić information content (AvgIpc) is 3.12. The highest BCUT2D eigenvalue weighted by molar-refractivity contribution is 6.04. The van der Waals surface area contributed by atoms with Crippen LogP contribution in [0.4, 0.5) is 8.78 Å². The quantitative estimate of drug-likeness (QED) is 0.355. The van der Waals surface area contributed by atoms with Crippen molar-refractivity contribution in [3.63, 3.8) is 0 Å². The van der Waals surface area contributed by atoms with Crippen LogP contribution in [0.1, 0.15) is 35.5 Å². The molecule has 0 atom stereocenters. The number of aromatic nitrogens is 1. The highest BCUT2D eigenvalue weighted by Gasteiger charge is 2.33. The van der Waals surface area contributed by atoms with Crippen molar-refractivity contribution in [2.45, 2.75) is 26.2 Å². The Morgan fingerprint density at radius 3 is 2.32 bits per heavy atom. The average molecular weight is 465 g/mol. The van der Waals surface area contributed by atoms with Crippen LogP contribution in [0, 0.1) is 18.6 Å². The Balaban J connectivity index is 2.19. The van der Waals surface area contributed by atoms with Gasteiger partial charge in [0.05, 0.1) is 23.1 Å². The van der Waals surface area contributed by atoms with E-state index in [-0.39, 0.29) is 17.1 Å². The molecule has 0 spiro atoms. The minimum absolute atomic E-state index is 0.120. The molecule has 0 aliphatic rings. The standard InChI is InChI=1S/C27H25F2NO4/c1-15-11-19(9-10-20(15)29)30-21-12-18(28)13-22(31)24(21)23(25(30)27(2,3)14-34-4)16-5-7-17(8-6-16)26(32)33/h5-13,31H,14H2,1-4H3,(H,32,33). The maximum Gasteiger partial charge on any atom is 0.335 e. The van der Waals surface area contributed by atoms with E-state index in [1.807, 2.05) is 18.4 Å². The number of fused-ring (bicyclic) bond motifs is 1. The molecule has 0 saturated heterocycles. The third-order valence-electron chi connectivity index (χ3n) is 5.98. The van der Waals surface area contributed by atoms with E-state index in [1.54, 1.807) is 38.3 Å². The van der Waals surface area contributed by atoms with Gasteiger partial charge in [0.2, 0.25) is 0 Å². The molecule has 0 aliphatic carbocycles. The lowest BCUT2D eigenvalue weighted by Gasteiger charge is -2.28. The summed E-state index contributed by atoms with van der Waals surface area (Å²) in [6, 6.07) is 13.3. The predicted molar refractivity (Wildman–Crippen MR) is 127 cm³/mol. The Labute approximate surface area is 195 Å². The molecular formula is C27H25F2NO4. The molecule has 2 N–H and O–H groups in total. The molecule has 7 heteroatoms.